The second-order valence-corrected chi connectivity index (χ2v) is 5.40. The van der Waals surface area contributed by atoms with Gasteiger partial charge >= 0.3 is 0 Å². The number of hydrogen-bond donors (Lipinski definition) is 3. The number of aliphatic imine (C=N–C) groups is 1. The minimum atomic E-state index is 0. The third-order valence-electron chi connectivity index (χ3n) is 3.45. The molecule has 0 aliphatic carbocycles. The SMILES string of the molecule is CCNC(=NCCCNc1ccccc1)NCCc1ccccn1.I. The second kappa shape index (κ2) is 13.5. The molecule has 0 radical (unpaired) electrons. The molecule has 136 valence electrons. The average Bonchev–Trinajstić information content (AvgIpc) is 2.63. The summed E-state index contributed by atoms with van der Waals surface area (Å²) in [5.41, 5.74) is 2.25. The molecule has 0 spiro atoms. The first-order chi connectivity index (χ1) is 11.9. The van der Waals surface area contributed by atoms with E-state index in [1.807, 2.05) is 42.6 Å². The van der Waals surface area contributed by atoms with Crippen LogP contribution in [0.25, 0.3) is 0 Å². The zero-order chi connectivity index (χ0) is 16.9. The number of guanidine groups is 1. The average molecular weight is 453 g/mol. The second-order valence-electron chi connectivity index (χ2n) is 5.40. The van der Waals surface area contributed by atoms with Crippen molar-refractivity contribution in [3.63, 3.8) is 0 Å². The van der Waals surface area contributed by atoms with E-state index >= 15 is 0 Å². The molecule has 0 saturated carbocycles. The van der Waals surface area contributed by atoms with Gasteiger partial charge < -0.3 is 16.0 Å². The molecule has 6 heteroatoms. The summed E-state index contributed by atoms with van der Waals surface area (Å²) in [6.45, 7) is 5.47. The number of para-hydroxylation sites is 1. The van der Waals surface area contributed by atoms with Crippen LogP contribution in [0, 0.1) is 0 Å². The van der Waals surface area contributed by atoms with Gasteiger partial charge in [-0.25, -0.2) is 0 Å². The molecule has 3 N–H and O–H groups in total. The maximum atomic E-state index is 4.61. The van der Waals surface area contributed by atoms with Gasteiger partial charge in [-0.2, -0.15) is 0 Å². The van der Waals surface area contributed by atoms with Gasteiger partial charge in [0.25, 0.3) is 0 Å². The van der Waals surface area contributed by atoms with E-state index in [0.29, 0.717) is 0 Å². The summed E-state index contributed by atoms with van der Waals surface area (Å²) in [6.07, 6.45) is 3.71. The predicted octanol–water partition coefficient (Wildman–Crippen LogP) is 3.30. The molecule has 5 nitrogen and oxygen atoms in total. The van der Waals surface area contributed by atoms with E-state index < -0.39 is 0 Å². The molecule has 0 bridgehead atoms. The topological polar surface area (TPSA) is 61.3 Å². The Balaban J connectivity index is 0.00000312. The number of aromatic nitrogens is 1. The van der Waals surface area contributed by atoms with Gasteiger partial charge in [0.15, 0.2) is 5.96 Å². The van der Waals surface area contributed by atoms with Gasteiger partial charge in [0.05, 0.1) is 0 Å². The van der Waals surface area contributed by atoms with Crippen LogP contribution in [0.15, 0.2) is 59.7 Å². The highest BCUT2D eigenvalue weighted by Crippen LogP contribution is 2.04. The van der Waals surface area contributed by atoms with Crippen LogP contribution in [0.4, 0.5) is 5.69 Å². The van der Waals surface area contributed by atoms with Gasteiger partial charge in [0.1, 0.15) is 0 Å². The largest absolute Gasteiger partial charge is 0.385 e. The summed E-state index contributed by atoms with van der Waals surface area (Å²) in [4.78, 5) is 8.94. The normalized spacial score (nSPS) is 10.7. The zero-order valence-corrected chi connectivity index (χ0v) is 17.1. The van der Waals surface area contributed by atoms with Gasteiger partial charge in [-0.1, -0.05) is 24.3 Å². The summed E-state index contributed by atoms with van der Waals surface area (Å²) < 4.78 is 0. The van der Waals surface area contributed by atoms with E-state index in [1.54, 1.807) is 0 Å². The zero-order valence-electron chi connectivity index (χ0n) is 14.7. The Morgan fingerprint density at radius 1 is 1.00 bits per heavy atom. The Labute approximate surface area is 167 Å². The van der Waals surface area contributed by atoms with Gasteiger partial charge in [-0.15, -0.1) is 24.0 Å². The molecule has 0 unspecified atom stereocenters. The highest BCUT2D eigenvalue weighted by Gasteiger charge is 1.98. The molecule has 0 aliphatic rings. The van der Waals surface area contributed by atoms with Gasteiger partial charge in [0.2, 0.25) is 0 Å². The number of rotatable bonds is 9. The molecular formula is C19H28IN5. The van der Waals surface area contributed by atoms with E-state index in [0.717, 1.165) is 56.4 Å². The van der Waals surface area contributed by atoms with Crippen molar-refractivity contribution in [2.45, 2.75) is 19.8 Å². The smallest absolute Gasteiger partial charge is 0.191 e. The maximum absolute atomic E-state index is 4.61. The molecular weight excluding hydrogens is 425 g/mol. The van der Waals surface area contributed by atoms with Crippen LogP contribution >= 0.6 is 24.0 Å². The number of anilines is 1. The molecule has 25 heavy (non-hydrogen) atoms. The summed E-state index contributed by atoms with van der Waals surface area (Å²) in [5, 5.41) is 10.0. The van der Waals surface area contributed by atoms with Crippen LogP contribution in [-0.2, 0) is 6.42 Å². The van der Waals surface area contributed by atoms with Crippen LogP contribution < -0.4 is 16.0 Å². The fraction of sp³-hybridized carbons (Fsp3) is 0.368. The lowest BCUT2D eigenvalue weighted by Gasteiger charge is -2.11. The van der Waals surface area contributed by atoms with Crippen LogP contribution in [-0.4, -0.2) is 37.1 Å². The molecule has 2 aromatic rings. The number of pyridine rings is 1. The van der Waals surface area contributed by atoms with Crippen LogP contribution in [0.3, 0.4) is 0 Å². The first-order valence-corrected chi connectivity index (χ1v) is 8.59. The standard InChI is InChI=1S/C19H27N5.HI/c1-2-20-19(24-16-12-18-11-6-7-13-21-18)23-15-8-14-22-17-9-4-3-5-10-17;/h3-7,9-11,13,22H,2,8,12,14-16H2,1H3,(H2,20,23,24);1H. The minimum absolute atomic E-state index is 0. The van der Waals surface area contributed by atoms with Crippen LogP contribution in [0.1, 0.15) is 19.0 Å². The molecule has 1 aromatic heterocycles. The molecule has 0 saturated heterocycles. The van der Waals surface area contributed by atoms with Crippen LogP contribution in [0.5, 0.6) is 0 Å². The summed E-state index contributed by atoms with van der Waals surface area (Å²) in [6, 6.07) is 16.2. The quantitative estimate of drug-likeness (QED) is 0.236. The third kappa shape index (κ3) is 9.28. The van der Waals surface area contributed by atoms with Gasteiger partial charge in [-0.3, -0.25) is 9.98 Å². The predicted molar refractivity (Wildman–Crippen MR) is 117 cm³/mol. The molecule has 0 fully saturated rings. The van der Waals surface area contributed by atoms with Crippen molar-refractivity contribution in [3.05, 3.63) is 60.4 Å². The van der Waals surface area contributed by atoms with Crippen molar-refractivity contribution < 1.29 is 0 Å². The Bertz CT molecular complexity index is 589. The molecule has 0 amide bonds. The van der Waals surface area contributed by atoms with Crippen molar-refractivity contribution in [1.82, 2.24) is 15.6 Å². The first-order valence-electron chi connectivity index (χ1n) is 8.59. The van der Waals surface area contributed by atoms with Gasteiger partial charge in [-0.05, 0) is 37.6 Å². The Morgan fingerprint density at radius 3 is 2.52 bits per heavy atom. The van der Waals surface area contributed by atoms with Gasteiger partial charge in [0, 0.05) is 50.2 Å². The monoisotopic (exact) mass is 453 g/mol. The van der Waals surface area contributed by atoms with E-state index in [9.17, 15) is 0 Å². The van der Waals surface area contributed by atoms with Crippen molar-refractivity contribution >= 4 is 35.6 Å². The molecule has 2 rings (SSSR count). The summed E-state index contributed by atoms with van der Waals surface area (Å²) in [7, 11) is 0. The Hall–Kier alpha value is -1.83. The summed E-state index contributed by atoms with van der Waals surface area (Å²) in [5.74, 6) is 0.869. The number of benzene rings is 1. The molecule has 1 heterocycles. The third-order valence-corrected chi connectivity index (χ3v) is 3.45. The van der Waals surface area contributed by atoms with Crippen molar-refractivity contribution in [2.24, 2.45) is 4.99 Å². The molecule has 1 aromatic carbocycles. The fourth-order valence-electron chi connectivity index (χ4n) is 2.26. The van der Waals surface area contributed by atoms with Crippen molar-refractivity contribution in [3.8, 4) is 0 Å². The fourth-order valence-corrected chi connectivity index (χ4v) is 2.26. The lowest BCUT2D eigenvalue weighted by atomic mass is 10.3. The van der Waals surface area contributed by atoms with Crippen molar-refractivity contribution in [1.29, 1.82) is 0 Å². The Morgan fingerprint density at radius 2 is 1.80 bits per heavy atom. The van der Waals surface area contributed by atoms with E-state index in [1.165, 1.54) is 0 Å². The molecule has 0 atom stereocenters. The van der Waals surface area contributed by atoms with E-state index in [-0.39, 0.29) is 24.0 Å². The lowest BCUT2D eigenvalue weighted by molar-refractivity contribution is 0.778. The number of halogens is 1. The Kier molecular flexibility index (Phi) is 11.4. The number of nitrogens with one attached hydrogen (secondary N) is 3. The first kappa shape index (κ1) is 21.2. The minimum Gasteiger partial charge on any atom is -0.385 e. The van der Waals surface area contributed by atoms with E-state index in [4.69, 9.17) is 0 Å². The highest BCUT2D eigenvalue weighted by atomic mass is 127. The maximum Gasteiger partial charge on any atom is 0.191 e. The van der Waals surface area contributed by atoms with E-state index in [2.05, 4.69) is 45.0 Å². The summed E-state index contributed by atoms with van der Waals surface area (Å²) >= 11 is 0. The van der Waals surface area contributed by atoms with Crippen molar-refractivity contribution in [2.75, 3.05) is 31.5 Å². The lowest BCUT2D eigenvalue weighted by Crippen LogP contribution is -2.38. The number of nitrogens with zero attached hydrogens (tertiary/aromatic N) is 2. The molecule has 0 aliphatic heterocycles. The highest BCUT2D eigenvalue weighted by molar-refractivity contribution is 14.0. The van der Waals surface area contributed by atoms with Crippen LogP contribution in [0.2, 0.25) is 0 Å². The number of hydrogen-bond acceptors (Lipinski definition) is 3.